The van der Waals surface area contributed by atoms with Gasteiger partial charge in [0.15, 0.2) is 0 Å². The Hall–Kier alpha value is -0.353. The van der Waals surface area contributed by atoms with Gasteiger partial charge in [-0.15, -0.1) is 18.7 Å². The van der Waals surface area contributed by atoms with E-state index in [1.54, 1.807) is 6.54 Å². The van der Waals surface area contributed by atoms with Crippen LogP contribution in [0.2, 0.25) is 0 Å². The average molecular weight is 113 g/mol. The molecule has 0 radical (unpaired) electrons. The molecule has 0 atom stereocenters. The molecule has 0 aliphatic heterocycles. The first-order valence-electron chi connectivity index (χ1n) is 2.53. The molecule has 9 heavy (non-hydrogen) atoms. The van der Waals surface area contributed by atoms with E-state index < -0.39 is 0 Å². The normalized spacial score (nSPS) is 7.67. The molecule has 2 N–H and O–H groups in total. The van der Waals surface area contributed by atoms with Crippen LogP contribution in [0.3, 0.4) is 0 Å². The maximum Gasteiger partial charge on any atom is 1.00 e. The number of rotatable bonds is 1. The van der Waals surface area contributed by atoms with Gasteiger partial charge in [0.1, 0.15) is 0 Å². The summed E-state index contributed by atoms with van der Waals surface area (Å²) < 4.78 is 0. The smallest absolute Gasteiger partial charge is 0.360 e. The molecule has 0 aliphatic rings. The van der Waals surface area contributed by atoms with Crippen LogP contribution in [0.1, 0.15) is 5.56 Å². The molecular formula is C7H8LiN. The van der Waals surface area contributed by atoms with Gasteiger partial charge >= 0.3 is 18.9 Å². The Morgan fingerprint density at radius 1 is 1.11 bits per heavy atom. The summed E-state index contributed by atoms with van der Waals surface area (Å²) in [5.41, 5.74) is 6.29. The van der Waals surface area contributed by atoms with Crippen molar-refractivity contribution in [3.8, 4) is 0 Å². The average Bonchev–Trinajstić information content (AvgIpc) is 1.90. The van der Waals surface area contributed by atoms with Crippen LogP contribution < -0.4 is 24.6 Å². The van der Waals surface area contributed by atoms with Gasteiger partial charge in [-0.05, 0) is 0 Å². The van der Waals surface area contributed by atoms with Crippen molar-refractivity contribution in [3.63, 3.8) is 0 Å². The monoisotopic (exact) mass is 113 g/mol. The fraction of sp³-hybridized carbons (Fsp3) is 0. The Bertz CT molecular complexity index is 150. The predicted molar refractivity (Wildman–Crippen MR) is 34.0 cm³/mol. The predicted octanol–water partition coefficient (Wildman–Crippen LogP) is -1.84. The first kappa shape index (κ1) is 8.65. The summed E-state index contributed by atoms with van der Waals surface area (Å²) in [6.07, 6.45) is 0. The minimum absolute atomic E-state index is 0. The van der Waals surface area contributed by atoms with E-state index in [2.05, 4.69) is 0 Å². The van der Waals surface area contributed by atoms with Crippen LogP contribution in [-0.2, 0) is 0 Å². The van der Waals surface area contributed by atoms with Gasteiger partial charge in [0.2, 0.25) is 0 Å². The van der Waals surface area contributed by atoms with E-state index in [1.807, 2.05) is 30.3 Å². The summed E-state index contributed by atoms with van der Waals surface area (Å²) in [4.78, 5) is 0. The maximum atomic E-state index is 5.22. The van der Waals surface area contributed by atoms with Crippen molar-refractivity contribution in [2.24, 2.45) is 5.73 Å². The first-order valence-corrected chi connectivity index (χ1v) is 2.53. The fourth-order valence-electron chi connectivity index (χ4n) is 0.564. The zero-order valence-electron chi connectivity index (χ0n) is 5.54. The third-order valence-electron chi connectivity index (χ3n) is 0.992. The van der Waals surface area contributed by atoms with Crippen molar-refractivity contribution in [2.75, 3.05) is 0 Å². The minimum Gasteiger partial charge on any atom is -0.360 e. The molecule has 0 amide bonds. The third-order valence-corrected chi connectivity index (χ3v) is 0.992. The maximum absolute atomic E-state index is 5.22. The zero-order chi connectivity index (χ0) is 5.82. The van der Waals surface area contributed by atoms with Gasteiger partial charge in [-0.3, -0.25) is 0 Å². The Kier molecular flexibility index (Phi) is 4.34. The molecule has 42 valence electrons. The van der Waals surface area contributed by atoms with Crippen molar-refractivity contribution in [1.82, 2.24) is 0 Å². The van der Waals surface area contributed by atoms with Crippen LogP contribution in [0, 0.1) is 6.54 Å². The summed E-state index contributed by atoms with van der Waals surface area (Å²) >= 11 is 0. The van der Waals surface area contributed by atoms with Crippen molar-refractivity contribution < 1.29 is 18.9 Å². The van der Waals surface area contributed by atoms with Crippen LogP contribution in [0.5, 0.6) is 0 Å². The zero-order valence-corrected chi connectivity index (χ0v) is 5.54. The molecule has 0 fully saturated rings. The molecule has 1 rings (SSSR count). The molecule has 2 heteroatoms. The standard InChI is InChI=1S/C7H8N.Li/c8-6-7-4-2-1-3-5-7;/h1-6H,8H2;/q-1;+1. The number of benzene rings is 1. The largest absolute Gasteiger partial charge is 1.00 e. The van der Waals surface area contributed by atoms with Gasteiger partial charge in [-0.1, -0.05) is 6.07 Å². The van der Waals surface area contributed by atoms with Crippen molar-refractivity contribution >= 4 is 0 Å². The van der Waals surface area contributed by atoms with Crippen molar-refractivity contribution in [1.29, 1.82) is 0 Å². The molecular weight excluding hydrogens is 105 g/mol. The fourth-order valence-corrected chi connectivity index (χ4v) is 0.564. The van der Waals surface area contributed by atoms with Crippen molar-refractivity contribution in [2.45, 2.75) is 0 Å². The summed E-state index contributed by atoms with van der Waals surface area (Å²) in [6, 6.07) is 9.80. The molecule has 0 unspecified atom stereocenters. The van der Waals surface area contributed by atoms with Crippen LogP contribution in [0.25, 0.3) is 0 Å². The molecule has 1 nitrogen and oxygen atoms in total. The van der Waals surface area contributed by atoms with Gasteiger partial charge < -0.3 is 5.73 Å². The summed E-state index contributed by atoms with van der Waals surface area (Å²) in [5, 5.41) is 0. The van der Waals surface area contributed by atoms with Gasteiger partial charge in [0.05, 0.1) is 0 Å². The Morgan fingerprint density at radius 3 is 2.00 bits per heavy atom. The summed E-state index contributed by atoms with van der Waals surface area (Å²) in [7, 11) is 0. The second-order valence-corrected chi connectivity index (χ2v) is 1.58. The molecule has 0 bridgehead atoms. The molecule has 1 aromatic carbocycles. The Morgan fingerprint density at radius 2 is 1.67 bits per heavy atom. The second-order valence-electron chi connectivity index (χ2n) is 1.58. The van der Waals surface area contributed by atoms with Crippen LogP contribution in [0.4, 0.5) is 0 Å². The molecule has 1 aromatic rings. The molecule has 0 heterocycles. The number of hydrogen-bond acceptors (Lipinski definition) is 1. The van der Waals surface area contributed by atoms with Crippen LogP contribution >= 0.6 is 0 Å². The second kappa shape index (κ2) is 4.52. The van der Waals surface area contributed by atoms with Crippen molar-refractivity contribution in [3.05, 3.63) is 42.4 Å². The van der Waals surface area contributed by atoms with E-state index in [1.165, 1.54) is 0 Å². The Balaban J connectivity index is 0.000000640. The summed E-state index contributed by atoms with van der Waals surface area (Å²) in [6.45, 7) is 1.58. The molecule has 0 spiro atoms. The van der Waals surface area contributed by atoms with Crippen LogP contribution in [0.15, 0.2) is 30.3 Å². The third kappa shape index (κ3) is 2.62. The molecule has 0 saturated carbocycles. The van der Waals surface area contributed by atoms with E-state index >= 15 is 0 Å². The van der Waals surface area contributed by atoms with Gasteiger partial charge in [0.25, 0.3) is 0 Å². The van der Waals surface area contributed by atoms with E-state index in [4.69, 9.17) is 5.73 Å². The van der Waals surface area contributed by atoms with E-state index in [0.29, 0.717) is 0 Å². The SMILES string of the molecule is N[CH-]c1ccccc1.[Li+]. The molecule has 0 saturated heterocycles. The van der Waals surface area contributed by atoms with Gasteiger partial charge in [-0.25, -0.2) is 0 Å². The van der Waals surface area contributed by atoms with Gasteiger partial charge in [0, 0.05) is 0 Å². The minimum atomic E-state index is 0. The van der Waals surface area contributed by atoms with Crippen LogP contribution in [-0.4, -0.2) is 0 Å². The summed E-state index contributed by atoms with van der Waals surface area (Å²) in [5.74, 6) is 0. The quantitative estimate of drug-likeness (QED) is 0.336. The molecule has 0 aromatic heterocycles. The number of hydrogen-bond donors (Lipinski definition) is 1. The topological polar surface area (TPSA) is 26.0 Å². The van der Waals surface area contributed by atoms with Gasteiger partial charge in [-0.2, -0.15) is 17.7 Å². The first-order chi connectivity index (χ1) is 3.93. The van der Waals surface area contributed by atoms with E-state index in [0.717, 1.165) is 5.56 Å². The number of nitrogens with two attached hydrogens (primary N) is 1. The molecule has 0 aliphatic carbocycles. The van der Waals surface area contributed by atoms with E-state index in [-0.39, 0.29) is 18.9 Å². The Labute approximate surface area is 67.4 Å². The van der Waals surface area contributed by atoms with E-state index in [9.17, 15) is 0 Å².